The molecule has 0 aromatic heterocycles. The van der Waals surface area contributed by atoms with E-state index in [9.17, 15) is 9.59 Å². The second-order valence-electron chi connectivity index (χ2n) is 4.32. The second kappa shape index (κ2) is 8.73. The fourth-order valence-electron chi connectivity index (χ4n) is 1.30. The van der Waals surface area contributed by atoms with Gasteiger partial charge in [0.1, 0.15) is 0 Å². The monoisotopic (exact) mass is 240 g/mol. The van der Waals surface area contributed by atoms with Crippen molar-refractivity contribution >= 4 is 11.6 Å². The number of carbonyl (C=O) groups excluding carboxylic acids is 2. The summed E-state index contributed by atoms with van der Waals surface area (Å²) in [5.41, 5.74) is 13.6. The van der Waals surface area contributed by atoms with E-state index in [-0.39, 0.29) is 12.3 Å². The van der Waals surface area contributed by atoms with E-state index in [1.54, 1.807) is 0 Å². The fourth-order valence-corrected chi connectivity index (χ4v) is 1.30. The van der Waals surface area contributed by atoms with Gasteiger partial charge in [0.25, 0.3) is 0 Å². The third-order valence-electron chi connectivity index (χ3n) is 2.52. The average molecular weight is 240 g/mol. The molecule has 0 aliphatic carbocycles. The number of hydrogen-bond donors (Lipinski definition) is 1. The summed E-state index contributed by atoms with van der Waals surface area (Å²) in [5.74, 6) is -0.888. The number of nitrogens with two attached hydrogens (primary N) is 1. The highest BCUT2D eigenvalue weighted by Gasteiger charge is 2.23. The van der Waals surface area contributed by atoms with Gasteiger partial charge >= 0.3 is 0 Å². The Hall–Kier alpha value is -1.39. The van der Waals surface area contributed by atoms with Crippen LogP contribution >= 0.6 is 0 Å². The molecule has 0 spiro atoms. The molecule has 1 atom stereocenters. The molecule has 0 unspecified atom stereocenters. The summed E-state index contributed by atoms with van der Waals surface area (Å²) in [4.78, 5) is 25.6. The molecule has 0 aliphatic rings. The van der Waals surface area contributed by atoms with Gasteiger partial charge in [-0.15, -0.1) is 0 Å². The molecular formula is C11H20N4O2. The number of rotatable bonds is 9. The van der Waals surface area contributed by atoms with Gasteiger partial charge in [0.2, 0.25) is 5.78 Å². The van der Waals surface area contributed by atoms with Crippen molar-refractivity contribution in [2.75, 3.05) is 6.54 Å². The number of ketones is 2. The summed E-state index contributed by atoms with van der Waals surface area (Å²) in [6.45, 7) is 4.07. The van der Waals surface area contributed by atoms with E-state index in [0.29, 0.717) is 13.0 Å². The molecule has 0 bridgehead atoms. The van der Waals surface area contributed by atoms with Crippen LogP contribution in [0.5, 0.6) is 0 Å². The third-order valence-corrected chi connectivity index (χ3v) is 2.52. The Balaban J connectivity index is 3.79. The molecule has 96 valence electrons. The highest BCUT2D eigenvalue weighted by Crippen LogP contribution is 2.06. The van der Waals surface area contributed by atoms with Crippen molar-refractivity contribution in [3.05, 3.63) is 10.4 Å². The zero-order chi connectivity index (χ0) is 13.3. The Labute approximate surface area is 101 Å². The van der Waals surface area contributed by atoms with Crippen molar-refractivity contribution in [3.8, 4) is 0 Å². The molecule has 6 nitrogen and oxygen atoms in total. The van der Waals surface area contributed by atoms with Gasteiger partial charge < -0.3 is 5.73 Å². The molecule has 0 radical (unpaired) electrons. The molecule has 0 saturated carbocycles. The minimum Gasteiger partial charge on any atom is -0.321 e. The first-order chi connectivity index (χ1) is 8.00. The van der Waals surface area contributed by atoms with E-state index in [0.717, 1.165) is 12.8 Å². The number of unbranched alkanes of at least 4 members (excludes halogenated alkanes) is 2. The van der Waals surface area contributed by atoms with Crippen LogP contribution in [0.15, 0.2) is 5.11 Å². The van der Waals surface area contributed by atoms with E-state index in [4.69, 9.17) is 11.3 Å². The Morgan fingerprint density at radius 3 is 2.47 bits per heavy atom. The minimum absolute atomic E-state index is 0.0172. The molecule has 0 saturated heterocycles. The maximum Gasteiger partial charge on any atom is 0.215 e. The van der Waals surface area contributed by atoms with Crippen LogP contribution in [0, 0.1) is 5.92 Å². The van der Waals surface area contributed by atoms with E-state index < -0.39 is 17.6 Å². The van der Waals surface area contributed by atoms with Gasteiger partial charge in [-0.3, -0.25) is 9.59 Å². The lowest BCUT2D eigenvalue weighted by Gasteiger charge is -2.12. The van der Waals surface area contributed by atoms with Crippen LogP contribution in [-0.2, 0) is 9.59 Å². The number of Topliss-reactive ketones (excluding diaryl/α,β-unsaturated/α-hetero) is 2. The lowest BCUT2D eigenvalue weighted by molar-refractivity contribution is -0.137. The van der Waals surface area contributed by atoms with Crippen molar-refractivity contribution in [1.29, 1.82) is 0 Å². The van der Waals surface area contributed by atoms with Crippen LogP contribution in [0.1, 0.15) is 39.5 Å². The number of azide groups is 1. The maximum absolute atomic E-state index is 11.5. The predicted molar refractivity (Wildman–Crippen MR) is 65.3 cm³/mol. The maximum atomic E-state index is 11.5. The summed E-state index contributed by atoms with van der Waals surface area (Å²) in [7, 11) is 0. The molecule has 0 aliphatic heterocycles. The standard InChI is InChI=1S/C11H20N4O2/c1-8(2)10(12)11(17)9(16)6-4-3-5-7-14-15-13/h8,10H,3-7,12H2,1-2H3/t10-/m0/s1. The van der Waals surface area contributed by atoms with Crippen molar-refractivity contribution < 1.29 is 9.59 Å². The highest BCUT2D eigenvalue weighted by molar-refractivity contribution is 6.39. The van der Waals surface area contributed by atoms with Crippen LogP contribution in [0.3, 0.4) is 0 Å². The zero-order valence-electron chi connectivity index (χ0n) is 10.4. The molecular weight excluding hydrogens is 220 g/mol. The molecule has 2 N–H and O–H groups in total. The molecule has 0 amide bonds. The molecule has 0 aromatic rings. The van der Waals surface area contributed by atoms with Crippen molar-refractivity contribution in [2.24, 2.45) is 16.8 Å². The summed E-state index contributed by atoms with van der Waals surface area (Å²) < 4.78 is 0. The van der Waals surface area contributed by atoms with Crippen LogP contribution in [-0.4, -0.2) is 24.2 Å². The van der Waals surface area contributed by atoms with Gasteiger partial charge in [-0.2, -0.15) is 0 Å². The van der Waals surface area contributed by atoms with Gasteiger partial charge in [0.15, 0.2) is 5.78 Å². The summed E-state index contributed by atoms with van der Waals surface area (Å²) in [6, 6.07) is -0.689. The van der Waals surface area contributed by atoms with E-state index in [1.807, 2.05) is 13.8 Å². The van der Waals surface area contributed by atoms with Gasteiger partial charge in [0, 0.05) is 17.9 Å². The predicted octanol–water partition coefficient (Wildman–Crippen LogP) is 1.98. The van der Waals surface area contributed by atoms with Crippen molar-refractivity contribution in [1.82, 2.24) is 0 Å². The average Bonchev–Trinajstić information content (AvgIpc) is 2.31. The van der Waals surface area contributed by atoms with Gasteiger partial charge in [-0.1, -0.05) is 25.4 Å². The van der Waals surface area contributed by atoms with E-state index in [1.165, 1.54) is 0 Å². The summed E-state index contributed by atoms with van der Waals surface area (Å²) in [6.07, 6.45) is 2.38. The van der Waals surface area contributed by atoms with Crippen molar-refractivity contribution in [2.45, 2.75) is 45.6 Å². The normalized spacial score (nSPS) is 12.0. The van der Waals surface area contributed by atoms with Gasteiger partial charge in [0.05, 0.1) is 6.04 Å². The largest absolute Gasteiger partial charge is 0.321 e. The number of nitrogens with zero attached hydrogens (tertiary/aromatic N) is 3. The lowest BCUT2D eigenvalue weighted by atomic mass is 9.96. The number of hydrogen-bond acceptors (Lipinski definition) is 4. The molecule has 6 heteroatoms. The molecule has 0 heterocycles. The zero-order valence-corrected chi connectivity index (χ0v) is 10.4. The third kappa shape index (κ3) is 6.71. The molecule has 17 heavy (non-hydrogen) atoms. The highest BCUT2D eigenvalue weighted by atomic mass is 16.2. The van der Waals surface area contributed by atoms with E-state index >= 15 is 0 Å². The lowest BCUT2D eigenvalue weighted by Crippen LogP contribution is -2.40. The SMILES string of the molecule is CC(C)[C@H](N)C(=O)C(=O)CCCCCN=[N+]=[N-]. The Bertz CT molecular complexity index is 309. The fraction of sp³-hybridized carbons (Fsp3) is 0.818. The quantitative estimate of drug-likeness (QED) is 0.219. The first-order valence-corrected chi connectivity index (χ1v) is 5.84. The smallest absolute Gasteiger partial charge is 0.215 e. The molecule has 0 fully saturated rings. The van der Waals surface area contributed by atoms with Crippen molar-refractivity contribution in [3.63, 3.8) is 0 Å². The summed E-state index contributed by atoms with van der Waals surface area (Å²) >= 11 is 0. The Morgan fingerprint density at radius 2 is 1.94 bits per heavy atom. The first-order valence-electron chi connectivity index (χ1n) is 5.84. The summed E-state index contributed by atoms with van der Waals surface area (Å²) in [5, 5.41) is 3.38. The second-order valence-corrected chi connectivity index (χ2v) is 4.32. The number of carbonyl (C=O) groups is 2. The van der Waals surface area contributed by atoms with Crippen LogP contribution < -0.4 is 5.73 Å². The minimum atomic E-state index is -0.689. The van der Waals surface area contributed by atoms with Gasteiger partial charge in [-0.25, -0.2) is 0 Å². The van der Waals surface area contributed by atoms with Crippen LogP contribution in [0.4, 0.5) is 0 Å². The first kappa shape index (κ1) is 15.6. The topological polar surface area (TPSA) is 109 Å². The molecule has 0 aromatic carbocycles. The van der Waals surface area contributed by atoms with Crippen LogP contribution in [0.25, 0.3) is 10.4 Å². The van der Waals surface area contributed by atoms with Gasteiger partial charge in [-0.05, 0) is 24.3 Å². The van der Waals surface area contributed by atoms with E-state index in [2.05, 4.69) is 10.0 Å². The Morgan fingerprint density at radius 1 is 1.29 bits per heavy atom. The Kier molecular flexibility index (Phi) is 8.01. The molecule has 0 rings (SSSR count). The van der Waals surface area contributed by atoms with Crippen LogP contribution in [0.2, 0.25) is 0 Å².